The number of benzene rings is 2. The molecular weight excluding hydrogens is 256 g/mol. The summed E-state index contributed by atoms with van der Waals surface area (Å²) in [5.74, 6) is -0.880. The van der Waals surface area contributed by atoms with E-state index in [-0.39, 0.29) is 0 Å². The SMILES string of the molecule is Cc1c(C(=O)O)ccc2c(Br)cccc12. The zero-order chi connectivity index (χ0) is 11.0. The van der Waals surface area contributed by atoms with Crippen LogP contribution in [-0.4, -0.2) is 11.1 Å². The number of fused-ring (bicyclic) bond motifs is 1. The van der Waals surface area contributed by atoms with E-state index in [1.807, 2.05) is 31.2 Å². The minimum Gasteiger partial charge on any atom is -0.478 e. The average Bonchev–Trinajstić information content (AvgIpc) is 2.19. The van der Waals surface area contributed by atoms with Crippen LogP contribution in [0.1, 0.15) is 15.9 Å². The molecule has 76 valence electrons. The molecule has 0 amide bonds. The van der Waals surface area contributed by atoms with Gasteiger partial charge in [0.2, 0.25) is 0 Å². The molecule has 0 atom stereocenters. The van der Waals surface area contributed by atoms with Crippen LogP contribution in [0.2, 0.25) is 0 Å². The monoisotopic (exact) mass is 264 g/mol. The average molecular weight is 265 g/mol. The van der Waals surface area contributed by atoms with Crippen molar-refractivity contribution in [3.8, 4) is 0 Å². The topological polar surface area (TPSA) is 37.3 Å². The highest BCUT2D eigenvalue weighted by Crippen LogP contribution is 2.27. The predicted molar refractivity (Wildman–Crippen MR) is 63.3 cm³/mol. The highest BCUT2D eigenvalue weighted by molar-refractivity contribution is 9.10. The van der Waals surface area contributed by atoms with Gasteiger partial charge in [0.15, 0.2) is 0 Å². The summed E-state index contributed by atoms with van der Waals surface area (Å²) in [5, 5.41) is 11.0. The van der Waals surface area contributed by atoms with Crippen molar-refractivity contribution in [1.82, 2.24) is 0 Å². The molecule has 0 fully saturated rings. The zero-order valence-electron chi connectivity index (χ0n) is 8.12. The number of rotatable bonds is 1. The molecule has 1 N–H and O–H groups in total. The first-order valence-electron chi connectivity index (χ1n) is 4.52. The molecule has 0 spiro atoms. The summed E-state index contributed by atoms with van der Waals surface area (Å²) in [5.41, 5.74) is 1.17. The molecule has 0 aliphatic heterocycles. The second-order valence-corrected chi connectivity index (χ2v) is 4.23. The molecule has 2 nitrogen and oxygen atoms in total. The molecule has 2 aromatic carbocycles. The van der Waals surface area contributed by atoms with Gasteiger partial charge in [-0.1, -0.05) is 34.1 Å². The van der Waals surface area contributed by atoms with Gasteiger partial charge in [0, 0.05) is 4.47 Å². The van der Waals surface area contributed by atoms with Crippen LogP contribution in [0.3, 0.4) is 0 Å². The van der Waals surface area contributed by atoms with Crippen molar-refractivity contribution in [2.75, 3.05) is 0 Å². The van der Waals surface area contributed by atoms with Crippen LogP contribution >= 0.6 is 15.9 Å². The third-order valence-electron chi connectivity index (χ3n) is 2.51. The highest BCUT2D eigenvalue weighted by Gasteiger charge is 2.10. The molecule has 0 saturated heterocycles. The first-order chi connectivity index (χ1) is 7.11. The highest BCUT2D eigenvalue weighted by atomic mass is 79.9. The van der Waals surface area contributed by atoms with Crippen molar-refractivity contribution in [2.45, 2.75) is 6.92 Å². The molecule has 0 aliphatic rings. The Balaban J connectivity index is 2.86. The van der Waals surface area contributed by atoms with E-state index in [1.165, 1.54) is 0 Å². The number of hydrogen-bond acceptors (Lipinski definition) is 1. The van der Waals surface area contributed by atoms with Crippen LogP contribution in [-0.2, 0) is 0 Å². The number of halogens is 1. The van der Waals surface area contributed by atoms with Crippen LogP contribution in [0, 0.1) is 6.92 Å². The maximum atomic E-state index is 10.9. The van der Waals surface area contributed by atoms with Gasteiger partial charge in [0.05, 0.1) is 5.56 Å². The summed E-state index contributed by atoms with van der Waals surface area (Å²) in [6.07, 6.45) is 0. The molecule has 0 heterocycles. The number of carbonyl (C=O) groups is 1. The van der Waals surface area contributed by atoms with Gasteiger partial charge in [-0.05, 0) is 35.4 Å². The molecule has 0 unspecified atom stereocenters. The maximum Gasteiger partial charge on any atom is 0.335 e. The summed E-state index contributed by atoms with van der Waals surface area (Å²) in [4.78, 5) is 10.9. The molecule has 2 rings (SSSR count). The molecule has 0 saturated carbocycles. The Labute approximate surface area is 95.7 Å². The van der Waals surface area contributed by atoms with Gasteiger partial charge in [-0.25, -0.2) is 4.79 Å². The van der Waals surface area contributed by atoms with Crippen molar-refractivity contribution in [3.63, 3.8) is 0 Å². The van der Waals surface area contributed by atoms with Crippen molar-refractivity contribution in [3.05, 3.63) is 45.9 Å². The van der Waals surface area contributed by atoms with E-state index >= 15 is 0 Å². The summed E-state index contributed by atoms with van der Waals surface area (Å²) in [7, 11) is 0. The lowest BCUT2D eigenvalue weighted by Gasteiger charge is -2.06. The number of aryl methyl sites for hydroxylation is 1. The lowest BCUT2D eigenvalue weighted by molar-refractivity contribution is 0.0696. The van der Waals surface area contributed by atoms with Crippen molar-refractivity contribution >= 4 is 32.7 Å². The van der Waals surface area contributed by atoms with E-state index in [2.05, 4.69) is 15.9 Å². The number of aromatic carboxylic acids is 1. The van der Waals surface area contributed by atoms with E-state index in [9.17, 15) is 4.79 Å². The minimum atomic E-state index is -0.880. The molecule has 0 bridgehead atoms. The maximum absolute atomic E-state index is 10.9. The molecule has 15 heavy (non-hydrogen) atoms. The Morgan fingerprint density at radius 2 is 1.93 bits per heavy atom. The Morgan fingerprint density at radius 3 is 2.60 bits per heavy atom. The smallest absolute Gasteiger partial charge is 0.335 e. The predicted octanol–water partition coefficient (Wildman–Crippen LogP) is 3.61. The van der Waals surface area contributed by atoms with Crippen LogP contribution in [0.5, 0.6) is 0 Å². The lowest BCUT2D eigenvalue weighted by Crippen LogP contribution is -1.99. The van der Waals surface area contributed by atoms with Crippen molar-refractivity contribution in [1.29, 1.82) is 0 Å². The summed E-state index contributed by atoms with van der Waals surface area (Å²) in [6.45, 7) is 1.83. The molecule has 0 aromatic heterocycles. The van der Waals surface area contributed by atoms with E-state index in [0.717, 1.165) is 20.8 Å². The first kappa shape index (κ1) is 10.2. The first-order valence-corrected chi connectivity index (χ1v) is 5.31. The third kappa shape index (κ3) is 1.63. The summed E-state index contributed by atoms with van der Waals surface area (Å²) in [6, 6.07) is 9.26. The quantitative estimate of drug-likeness (QED) is 0.855. The van der Waals surface area contributed by atoms with E-state index in [1.54, 1.807) is 6.07 Å². The van der Waals surface area contributed by atoms with Gasteiger partial charge in [0.25, 0.3) is 0 Å². The fraction of sp³-hybridized carbons (Fsp3) is 0.0833. The molecule has 0 radical (unpaired) electrons. The van der Waals surface area contributed by atoms with E-state index < -0.39 is 5.97 Å². The molecule has 3 heteroatoms. The van der Waals surface area contributed by atoms with Crippen LogP contribution < -0.4 is 0 Å². The van der Waals surface area contributed by atoms with Crippen LogP contribution in [0.4, 0.5) is 0 Å². The lowest BCUT2D eigenvalue weighted by atomic mass is 10.0. The standard InChI is InChI=1S/C12H9BrO2/c1-7-8-3-2-4-11(13)10(8)6-5-9(7)12(14)15/h2-6H,1H3,(H,14,15). The van der Waals surface area contributed by atoms with Crippen molar-refractivity contribution in [2.24, 2.45) is 0 Å². The number of carboxylic acid groups (broad SMARTS) is 1. The molecule has 2 aromatic rings. The number of carboxylic acids is 1. The molecular formula is C12H9BrO2. The normalized spacial score (nSPS) is 10.5. The Hall–Kier alpha value is -1.35. The zero-order valence-corrected chi connectivity index (χ0v) is 9.71. The largest absolute Gasteiger partial charge is 0.478 e. The Kier molecular flexibility index (Phi) is 2.49. The Morgan fingerprint density at radius 1 is 1.20 bits per heavy atom. The van der Waals surface area contributed by atoms with Crippen molar-refractivity contribution < 1.29 is 9.90 Å². The molecule has 0 aliphatic carbocycles. The summed E-state index contributed by atoms with van der Waals surface area (Å²) < 4.78 is 0.986. The summed E-state index contributed by atoms with van der Waals surface area (Å²) >= 11 is 3.45. The van der Waals surface area contributed by atoms with Gasteiger partial charge in [-0.3, -0.25) is 0 Å². The minimum absolute atomic E-state index is 0.362. The fourth-order valence-electron chi connectivity index (χ4n) is 1.70. The van der Waals surface area contributed by atoms with E-state index in [4.69, 9.17) is 5.11 Å². The second-order valence-electron chi connectivity index (χ2n) is 3.38. The van der Waals surface area contributed by atoms with Gasteiger partial charge >= 0.3 is 5.97 Å². The fourth-order valence-corrected chi connectivity index (χ4v) is 2.20. The van der Waals surface area contributed by atoms with Gasteiger partial charge < -0.3 is 5.11 Å². The number of hydrogen-bond donors (Lipinski definition) is 1. The van der Waals surface area contributed by atoms with Crippen LogP contribution in [0.15, 0.2) is 34.8 Å². The van der Waals surface area contributed by atoms with Gasteiger partial charge in [-0.15, -0.1) is 0 Å². The van der Waals surface area contributed by atoms with Crippen LogP contribution in [0.25, 0.3) is 10.8 Å². The van der Waals surface area contributed by atoms with Gasteiger partial charge in [0.1, 0.15) is 0 Å². The van der Waals surface area contributed by atoms with E-state index in [0.29, 0.717) is 5.56 Å². The Bertz CT molecular complexity index is 547. The second kappa shape index (κ2) is 3.66. The van der Waals surface area contributed by atoms with Gasteiger partial charge in [-0.2, -0.15) is 0 Å². The third-order valence-corrected chi connectivity index (χ3v) is 3.20.